The van der Waals surface area contributed by atoms with Crippen LogP contribution in [0.3, 0.4) is 0 Å². The number of para-hydroxylation sites is 1. The van der Waals surface area contributed by atoms with Crippen molar-refractivity contribution in [3.05, 3.63) is 42.4 Å². The van der Waals surface area contributed by atoms with E-state index in [9.17, 15) is 0 Å². The van der Waals surface area contributed by atoms with Crippen molar-refractivity contribution in [3.63, 3.8) is 0 Å². The Morgan fingerprint density at radius 2 is 1.81 bits per heavy atom. The monoisotopic (exact) mass is 368 g/mol. The summed E-state index contributed by atoms with van der Waals surface area (Å²) in [5.74, 6) is 1.71. The summed E-state index contributed by atoms with van der Waals surface area (Å²) in [6.45, 7) is 7.57. The van der Waals surface area contributed by atoms with E-state index in [1.165, 1.54) is 50.5 Å². The summed E-state index contributed by atoms with van der Waals surface area (Å²) in [5, 5.41) is 0. The number of rotatable bonds is 13. The summed E-state index contributed by atoms with van der Waals surface area (Å²) in [6.07, 6.45) is 14.6. The number of ether oxygens (including phenoxy) is 1. The highest BCUT2D eigenvalue weighted by Gasteiger charge is 2.12. The molecule has 27 heavy (non-hydrogen) atoms. The van der Waals surface area contributed by atoms with E-state index in [0.29, 0.717) is 0 Å². The summed E-state index contributed by atoms with van der Waals surface area (Å²) in [6, 6.07) is 8.28. The highest BCUT2D eigenvalue weighted by Crippen LogP contribution is 2.31. The molecule has 1 aromatic carbocycles. The Kier molecular flexibility index (Phi) is 9.89. The molecule has 0 saturated heterocycles. The lowest BCUT2D eigenvalue weighted by molar-refractivity contribution is 0.295. The summed E-state index contributed by atoms with van der Waals surface area (Å²) < 4.78 is 6.14. The molecular formula is C24H36N2O. The lowest BCUT2D eigenvalue weighted by atomic mass is 10.0. The van der Waals surface area contributed by atoms with Crippen molar-refractivity contribution in [2.45, 2.75) is 78.6 Å². The van der Waals surface area contributed by atoms with Gasteiger partial charge in [0.1, 0.15) is 12.1 Å². The molecule has 0 fully saturated rings. The molecule has 0 spiro atoms. The Balaban J connectivity index is 2.02. The maximum atomic E-state index is 6.14. The maximum Gasteiger partial charge on any atom is 0.128 e. The molecule has 0 amide bonds. The number of nitrogens with zero attached hydrogens (tertiary/aromatic N) is 2. The zero-order chi connectivity index (χ0) is 19.3. The topological polar surface area (TPSA) is 35.0 Å². The molecule has 1 aromatic heterocycles. The van der Waals surface area contributed by atoms with Crippen molar-refractivity contribution in [1.82, 2.24) is 9.97 Å². The van der Waals surface area contributed by atoms with Crippen LogP contribution in [0.25, 0.3) is 11.3 Å². The van der Waals surface area contributed by atoms with Crippen molar-refractivity contribution in [2.24, 2.45) is 5.92 Å². The van der Waals surface area contributed by atoms with Crippen LogP contribution in [0.4, 0.5) is 0 Å². The van der Waals surface area contributed by atoms with Crippen LogP contribution in [0.15, 0.2) is 36.8 Å². The molecule has 0 aliphatic rings. The van der Waals surface area contributed by atoms with Crippen LogP contribution in [0.2, 0.25) is 0 Å². The van der Waals surface area contributed by atoms with Gasteiger partial charge in [0, 0.05) is 11.8 Å². The zero-order valence-electron chi connectivity index (χ0n) is 17.4. The lowest BCUT2D eigenvalue weighted by Gasteiger charge is -2.14. The molecule has 2 rings (SSSR count). The normalized spacial score (nSPS) is 12.1. The Labute approximate surface area is 165 Å². The van der Waals surface area contributed by atoms with Gasteiger partial charge in [-0.2, -0.15) is 0 Å². The molecule has 3 heteroatoms. The van der Waals surface area contributed by atoms with Crippen molar-refractivity contribution in [2.75, 3.05) is 6.61 Å². The van der Waals surface area contributed by atoms with Gasteiger partial charge in [0.25, 0.3) is 0 Å². The van der Waals surface area contributed by atoms with E-state index in [4.69, 9.17) is 4.74 Å². The average Bonchev–Trinajstić information content (AvgIpc) is 2.71. The van der Waals surface area contributed by atoms with Gasteiger partial charge in [-0.25, -0.2) is 9.97 Å². The third-order valence-electron chi connectivity index (χ3n) is 5.28. The van der Waals surface area contributed by atoms with Crippen LogP contribution >= 0.6 is 0 Å². The largest absolute Gasteiger partial charge is 0.493 e. The molecule has 0 N–H and O–H groups in total. The maximum absolute atomic E-state index is 6.14. The van der Waals surface area contributed by atoms with Gasteiger partial charge >= 0.3 is 0 Å². The molecule has 0 aliphatic carbocycles. The molecule has 0 radical (unpaired) electrons. The number of hydrogen-bond donors (Lipinski definition) is 0. The van der Waals surface area contributed by atoms with Gasteiger partial charge in [0.2, 0.25) is 0 Å². The van der Waals surface area contributed by atoms with E-state index in [1.54, 1.807) is 6.33 Å². The minimum atomic E-state index is 0.763. The van der Waals surface area contributed by atoms with Gasteiger partial charge < -0.3 is 4.74 Å². The molecule has 0 aliphatic heterocycles. The van der Waals surface area contributed by atoms with Crippen molar-refractivity contribution >= 4 is 0 Å². The van der Waals surface area contributed by atoms with Crippen molar-refractivity contribution < 1.29 is 4.74 Å². The van der Waals surface area contributed by atoms with Crippen LogP contribution < -0.4 is 4.74 Å². The third-order valence-corrected chi connectivity index (χ3v) is 5.28. The zero-order valence-corrected chi connectivity index (χ0v) is 17.4. The first kappa shape index (κ1) is 21.4. The van der Waals surface area contributed by atoms with Gasteiger partial charge in [-0.1, -0.05) is 65.0 Å². The van der Waals surface area contributed by atoms with E-state index in [2.05, 4.69) is 48.9 Å². The minimum Gasteiger partial charge on any atom is -0.493 e. The number of aryl methyl sites for hydroxylation is 1. The van der Waals surface area contributed by atoms with Gasteiger partial charge in [-0.3, -0.25) is 0 Å². The van der Waals surface area contributed by atoms with Gasteiger partial charge in [0.05, 0.1) is 12.3 Å². The van der Waals surface area contributed by atoms with Gasteiger partial charge in [-0.15, -0.1) is 0 Å². The van der Waals surface area contributed by atoms with E-state index >= 15 is 0 Å². The minimum absolute atomic E-state index is 0.763. The van der Waals surface area contributed by atoms with E-state index in [1.807, 2.05) is 12.3 Å². The number of hydrogen-bond acceptors (Lipinski definition) is 3. The predicted octanol–water partition coefficient (Wildman–Crippen LogP) is 6.86. The van der Waals surface area contributed by atoms with Crippen LogP contribution in [-0.2, 0) is 6.42 Å². The first-order valence-electron chi connectivity index (χ1n) is 10.8. The molecule has 3 nitrogen and oxygen atoms in total. The Bertz CT molecular complexity index is 656. The SMILES string of the molecule is CCCCCCCc1cncnc1-c1ccccc1OCCCC(C)CC. The molecule has 1 heterocycles. The molecule has 1 unspecified atom stereocenters. The lowest BCUT2D eigenvalue weighted by Crippen LogP contribution is -2.03. The molecule has 1 atom stereocenters. The van der Waals surface area contributed by atoms with Crippen molar-refractivity contribution in [1.29, 1.82) is 0 Å². The second kappa shape index (κ2) is 12.5. The van der Waals surface area contributed by atoms with Crippen LogP contribution in [-0.4, -0.2) is 16.6 Å². The summed E-state index contributed by atoms with van der Waals surface area (Å²) in [4.78, 5) is 8.87. The second-order valence-electron chi connectivity index (χ2n) is 7.56. The quantitative estimate of drug-likeness (QED) is 0.362. The van der Waals surface area contributed by atoms with Crippen molar-refractivity contribution in [3.8, 4) is 17.0 Å². The molecular weight excluding hydrogens is 332 g/mol. The number of benzene rings is 1. The predicted molar refractivity (Wildman–Crippen MR) is 114 cm³/mol. The highest BCUT2D eigenvalue weighted by molar-refractivity contribution is 5.69. The fourth-order valence-electron chi connectivity index (χ4n) is 3.31. The average molecular weight is 369 g/mol. The van der Waals surface area contributed by atoms with E-state index < -0.39 is 0 Å². The van der Waals surface area contributed by atoms with Crippen LogP contribution in [0.5, 0.6) is 5.75 Å². The smallest absolute Gasteiger partial charge is 0.128 e. The first-order chi connectivity index (χ1) is 13.3. The van der Waals surface area contributed by atoms with Gasteiger partial charge in [-0.05, 0) is 49.3 Å². The van der Waals surface area contributed by atoms with E-state index in [0.717, 1.165) is 42.4 Å². The Morgan fingerprint density at radius 1 is 1.00 bits per heavy atom. The Hall–Kier alpha value is -1.90. The van der Waals surface area contributed by atoms with E-state index in [-0.39, 0.29) is 0 Å². The van der Waals surface area contributed by atoms with Crippen LogP contribution in [0.1, 0.15) is 77.7 Å². The van der Waals surface area contributed by atoms with Gasteiger partial charge in [0.15, 0.2) is 0 Å². The molecule has 0 bridgehead atoms. The number of unbranched alkanes of at least 4 members (excludes halogenated alkanes) is 4. The number of aromatic nitrogens is 2. The fourth-order valence-corrected chi connectivity index (χ4v) is 3.31. The summed E-state index contributed by atoms with van der Waals surface area (Å²) in [5.41, 5.74) is 3.34. The standard InChI is InChI=1S/C24H36N2O/c1-4-6-7-8-9-14-21-18-25-19-26-24(21)22-15-10-11-16-23(22)27-17-12-13-20(3)5-2/h10-11,15-16,18-20H,4-9,12-14,17H2,1-3H3. The molecule has 0 saturated carbocycles. The Morgan fingerprint density at radius 3 is 2.63 bits per heavy atom. The summed E-state index contributed by atoms with van der Waals surface area (Å²) >= 11 is 0. The van der Waals surface area contributed by atoms with Crippen LogP contribution in [0, 0.1) is 5.92 Å². The fraction of sp³-hybridized carbons (Fsp3) is 0.583. The third kappa shape index (κ3) is 7.32. The summed E-state index contributed by atoms with van der Waals surface area (Å²) in [7, 11) is 0. The molecule has 2 aromatic rings. The first-order valence-corrected chi connectivity index (χ1v) is 10.8. The highest BCUT2D eigenvalue weighted by atomic mass is 16.5. The molecule has 148 valence electrons. The second-order valence-corrected chi connectivity index (χ2v) is 7.56.